The Bertz CT molecular complexity index is 1770. The smallest absolute Gasteiger partial charge is 0.387 e. The van der Waals surface area contributed by atoms with Crippen molar-refractivity contribution in [2.75, 3.05) is 6.61 Å². The number of rotatable bonds is 16. The van der Waals surface area contributed by atoms with Crippen molar-refractivity contribution in [1.29, 1.82) is 0 Å². The van der Waals surface area contributed by atoms with Crippen LogP contribution >= 0.6 is 23.2 Å². The van der Waals surface area contributed by atoms with Crippen molar-refractivity contribution in [3.05, 3.63) is 124 Å². The van der Waals surface area contributed by atoms with E-state index in [0.717, 1.165) is 29.3 Å². The minimum atomic E-state index is -3.03. The Morgan fingerprint density at radius 1 is 1.02 bits per heavy atom. The molecule has 4 aromatic rings. The number of halogens is 4. The van der Waals surface area contributed by atoms with Gasteiger partial charge in [0.15, 0.2) is 11.5 Å². The molecule has 0 unspecified atom stereocenters. The summed E-state index contributed by atoms with van der Waals surface area (Å²) in [6.45, 7) is 3.19. The summed E-state index contributed by atoms with van der Waals surface area (Å²) < 4.78 is 50.8. The zero-order valence-corrected chi connectivity index (χ0v) is 27.4. The molecule has 0 aliphatic heterocycles. The van der Waals surface area contributed by atoms with Crippen LogP contribution in [0.4, 0.5) is 8.78 Å². The molecule has 0 spiro atoms. The highest BCUT2D eigenvalue weighted by molar-refractivity contribution is 6.36. The number of carbonyl (C=O) groups is 1. The fourth-order valence-electron chi connectivity index (χ4n) is 5.02. The number of nitrogens with zero attached hydrogens (tertiary/aromatic N) is 1. The molecule has 3 aromatic carbocycles. The third-order valence-corrected chi connectivity index (χ3v) is 8.52. The van der Waals surface area contributed by atoms with E-state index in [0.29, 0.717) is 46.1 Å². The van der Waals surface area contributed by atoms with Crippen LogP contribution in [0, 0.1) is 5.92 Å². The topological polar surface area (TPSA) is 58.9 Å². The van der Waals surface area contributed by atoms with Crippen molar-refractivity contribution < 1.29 is 32.5 Å². The van der Waals surface area contributed by atoms with Gasteiger partial charge in [0, 0.05) is 33.6 Å². The van der Waals surface area contributed by atoms with Crippen LogP contribution < -0.4 is 14.2 Å². The Kier molecular flexibility index (Phi) is 11.6. The van der Waals surface area contributed by atoms with Crippen LogP contribution in [0.2, 0.25) is 0 Å². The van der Waals surface area contributed by atoms with Gasteiger partial charge in [0.25, 0.3) is 0 Å². The van der Waals surface area contributed by atoms with Gasteiger partial charge in [-0.25, -0.2) is 0 Å². The van der Waals surface area contributed by atoms with Gasteiger partial charge in [-0.05, 0) is 78.8 Å². The van der Waals surface area contributed by atoms with Gasteiger partial charge in [-0.3, -0.25) is 4.79 Å². The first-order chi connectivity index (χ1) is 22.7. The van der Waals surface area contributed by atoms with Gasteiger partial charge in [-0.15, -0.1) is 0 Å². The average Bonchev–Trinajstić information content (AvgIpc) is 3.83. The second-order valence-electron chi connectivity index (χ2n) is 11.1. The van der Waals surface area contributed by atoms with E-state index in [1.165, 1.54) is 12.1 Å². The van der Waals surface area contributed by atoms with E-state index in [4.69, 9.17) is 42.1 Å². The normalized spacial score (nSPS) is 14.5. The zero-order chi connectivity index (χ0) is 33.3. The van der Waals surface area contributed by atoms with E-state index >= 15 is 0 Å². The quantitative estimate of drug-likeness (QED) is 0.0870. The highest BCUT2D eigenvalue weighted by Crippen LogP contribution is 2.39. The van der Waals surface area contributed by atoms with E-state index in [9.17, 15) is 13.6 Å². The Balaban J connectivity index is 1.38. The van der Waals surface area contributed by atoms with Crippen molar-refractivity contribution in [3.8, 4) is 17.2 Å². The Hall–Kier alpha value is -4.27. The minimum absolute atomic E-state index is 0.0887. The van der Waals surface area contributed by atoms with Gasteiger partial charge in [-0.2, -0.15) is 8.78 Å². The average molecular weight is 683 g/mol. The summed E-state index contributed by atoms with van der Waals surface area (Å²) in [7, 11) is 0. The van der Waals surface area contributed by atoms with E-state index in [-0.39, 0.29) is 24.5 Å². The lowest BCUT2D eigenvalue weighted by Crippen LogP contribution is -2.18. The number of fused-ring (bicyclic) bond motifs is 1. The summed E-state index contributed by atoms with van der Waals surface area (Å²) >= 11 is 13.0. The summed E-state index contributed by atoms with van der Waals surface area (Å²) in [5.74, 6) is 0.571. The molecule has 0 N–H and O–H groups in total. The number of hydrogen-bond acceptors (Lipinski definition) is 5. The number of carbonyl (C=O) groups excluding carboxylic acids is 1. The van der Waals surface area contributed by atoms with E-state index in [1.807, 2.05) is 54.6 Å². The van der Waals surface area contributed by atoms with Gasteiger partial charge in [0.2, 0.25) is 0 Å². The molecule has 10 heteroatoms. The molecular weight excluding hydrogens is 647 g/mol. The van der Waals surface area contributed by atoms with Crippen LogP contribution in [0.25, 0.3) is 10.9 Å². The van der Waals surface area contributed by atoms with Crippen LogP contribution in [0.15, 0.2) is 113 Å². The van der Waals surface area contributed by atoms with E-state index in [2.05, 4.69) is 6.58 Å². The zero-order valence-electron chi connectivity index (χ0n) is 25.8. The second kappa shape index (κ2) is 16.0. The van der Waals surface area contributed by atoms with Crippen LogP contribution in [-0.4, -0.2) is 23.8 Å². The maximum Gasteiger partial charge on any atom is 0.387 e. The van der Waals surface area contributed by atoms with Crippen LogP contribution in [0.3, 0.4) is 0 Å². The molecule has 0 radical (unpaired) electrons. The Labute approximate surface area is 282 Å². The summed E-state index contributed by atoms with van der Waals surface area (Å²) in [6.07, 6.45) is 6.15. The molecule has 47 heavy (non-hydrogen) atoms. The third-order valence-electron chi connectivity index (χ3n) is 7.69. The number of aromatic nitrogens is 1. The molecule has 5 rings (SSSR count). The van der Waals surface area contributed by atoms with Gasteiger partial charge in [0.05, 0.1) is 6.61 Å². The van der Waals surface area contributed by atoms with Crippen LogP contribution in [0.5, 0.6) is 17.2 Å². The molecule has 0 saturated heterocycles. The van der Waals surface area contributed by atoms with Crippen molar-refractivity contribution in [2.45, 2.75) is 52.1 Å². The molecule has 0 amide bonds. The SMILES string of the molecule is C=C/C(Cl)=C(C[C@H](OC(=O)Cn1ccc2cc(OCc3ccccc3)ccc21)c1ccc(OC(F)F)c(OCC2CC2)c1)\C(Cl)=C/C. The summed E-state index contributed by atoms with van der Waals surface area (Å²) in [5.41, 5.74) is 2.88. The first-order valence-corrected chi connectivity index (χ1v) is 16.0. The number of benzene rings is 3. The van der Waals surface area contributed by atoms with Crippen LogP contribution in [-0.2, 0) is 22.7 Å². The van der Waals surface area contributed by atoms with E-state index in [1.54, 1.807) is 35.9 Å². The minimum Gasteiger partial charge on any atom is -0.489 e. The lowest BCUT2D eigenvalue weighted by molar-refractivity contribution is -0.150. The summed E-state index contributed by atoms with van der Waals surface area (Å²) in [4.78, 5) is 13.5. The summed E-state index contributed by atoms with van der Waals surface area (Å²) in [5, 5.41) is 1.55. The Morgan fingerprint density at radius 2 is 1.81 bits per heavy atom. The molecule has 246 valence electrons. The number of esters is 1. The molecule has 1 atom stereocenters. The second-order valence-corrected chi connectivity index (χ2v) is 11.9. The Morgan fingerprint density at radius 3 is 2.51 bits per heavy atom. The van der Waals surface area contributed by atoms with Crippen molar-refractivity contribution in [3.63, 3.8) is 0 Å². The standard InChI is InChI=1S/C37H35Cl2F2NO5/c1-3-30(38)29(31(39)4-2)20-34(27-12-15-33(47-37(40)41)35(19-27)45-23-25-10-11-25)46-36(43)21-42-17-16-26-18-28(13-14-32(26)42)44-22-24-8-6-5-7-9-24/h3-9,12-19,25,34,37H,1,10-11,20-23H2,2H3/b30-29+,31-4+/t34-/m0/s1. The lowest BCUT2D eigenvalue weighted by atomic mass is 9.99. The van der Waals surface area contributed by atoms with Crippen molar-refractivity contribution in [2.24, 2.45) is 5.92 Å². The predicted molar refractivity (Wildman–Crippen MR) is 180 cm³/mol. The maximum absolute atomic E-state index is 13.5. The van der Waals surface area contributed by atoms with Gasteiger partial charge in [-0.1, -0.05) is 78.3 Å². The van der Waals surface area contributed by atoms with Crippen molar-refractivity contribution in [1.82, 2.24) is 4.57 Å². The maximum atomic E-state index is 13.5. The lowest BCUT2D eigenvalue weighted by Gasteiger charge is -2.22. The monoisotopic (exact) mass is 681 g/mol. The number of ether oxygens (including phenoxy) is 4. The molecule has 1 saturated carbocycles. The first kappa shape index (κ1) is 34.1. The van der Waals surface area contributed by atoms with Crippen molar-refractivity contribution >= 4 is 40.1 Å². The van der Waals surface area contributed by atoms with E-state index < -0.39 is 18.7 Å². The number of alkyl halides is 2. The molecule has 1 heterocycles. The van der Waals surface area contributed by atoms with Gasteiger partial charge < -0.3 is 23.5 Å². The molecule has 1 fully saturated rings. The fourth-order valence-corrected chi connectivity index (χ4v) is 5.43. The molecule has 1 aromatic heterocycles. The fraction of sp³-hybridized carbons (Fsp3) is 0.270. The predicted octanol–water partition coefficient (Wildman–Crippen LogP) is 10.1. The van der Waals surface area contributed by atoms with Crippen LogP contribution in [0.1, 0.15) is 43.4 Å². The molecule has 1 aliphatic carbocycles. The molecule has 0 bridgehead atoms. The summed E-state index contributed by atoms with van der Waals surface area (Å²) in [6, 6.07) is 22.0. The highest BCUT2D eigenvalue weighted by atomic mass is 35.5. The highest BCUT2D eigenvalue weighted by Gasteiger charge is 2.26. The molecule has 6 nitrogen and oxygen atoms in total. The third kappa shape index (κ3) is 9.40. The van der Waals surface area contributed by atoms with Gasteiger partial charge >= 0.3 is 12.6 Å². The van der Waals surface area contributed by atoms with Gasteiger partial charge in [0.1, 0.15) is 25.0 Å². The molecular formula is C37H35Cl2F2NO5. The number of hydrogen-bond donors (Lipinski definition) is 0. The first-order valence-electron chi connectivity index (χ1n) is 15.2. The number of allylic oxidation sites excluding steroid dienone is 4. The largest absolute Gasteiger partial charge is 0.489 e. The molecule has 1 aliphatic rings.